The average Bonchev–Trinajstić information content (AvgIpc) is 2.21. The molecular formula is C10H17NO3S. The maximum Gasteiger partial charge on any atom is 0.328 e. The molecule has 1 N–H and O–H groups in total. The van der Waals surface area contributed by atoms with Gasteiger partial charge in [-0.05, 0) is 12.7 Å². The van der Waals surface area contributed by atoms with Crippen molar-refractivity contribution < 1.29 is 14.7 Å². The van der Waals surface area contributed by atoms with Gasteiger partial charge in [-0.2, -0.15) is 11.8 Å². The summed E-state index contributed by atoms with van der Waals surface area (Å²) in [5.74, 6) is -0.507. The van der Waals surface area contributed by atoms with E-state index in [2.05, 4.69) is 0 Å². The number of carboxylic acids is 1. The van der Waals surface area contributed by atoms with Crippen molar-refractivity contribution in [3.05, 3.63) is 12.2 Å². The first-order valence-corrected chi connectivity index (χ1v) is 6.09. The number of carbonyl (C=O) groups excluding carboxylic acids is 1. The molecule has 1 amide bonds. The van der Waals surface area contributed by atoms with E-state index in [9.17, 15) is 9.59 Å². The van der Waals surface area contributed by atoms with E-state index in [1.807, 2.05) is 13.2 Å². The summed E-state index contributed by atoms with van der Waals surface area (Å²) in [6.45, 7) is 2.01. The molecule has 15 heavy (non-hydrogen) atoms. The lowest BCUT2D eigenvalue weighted by atomic mass is 10.2. The summed E-state index contributed by atoms with van der Waals surface area (Å²) < 4.78 is 0. The first-order chi connectivity index (χ1) is 7.02. The average molecular weight is 231 g/mol. The second-order valence-electron chi connectivity index (χ2n) is 3.14. The van der Waals surface area contributed by atoms with Gasteiger partial charge < -0.3 is 10.0 Å². The molecule has 0 spiro atoms. The van der Waals surface area contributed by atoms with Crippen LogP contribution in [0.15, 0.2) is 12.2 Å². The quantitative estimate of drug-likeness (QED) is 0.698. The number of amides is 1. The number of aliphatic carboxylic acids is 1. The van der Waals surface area contributed by atoms with Crippen LogP contribution in [0.25, 0.3) is 0 Å². The van der Waals surface area contributed by atoms with Gasteiger partial charge in [-0.3, -0.25) is 4.79 Å². The second-order valence-corrected chi connectivity index (χ2v) is 4.05. The highest BCUT2D eigenvalue weighted by atomic mass is 32.2. The van der Waals surface area contributed by atoms with Crippen LogP contribution in [-0.4, -0.2) is 47.0 Å². The number of likely N-dealkylation sites (N-methyl/N-ethyl adjacent to an activating group) is 1. The predicted molar refractivity (Wildman–Crippen MR) is 62.0 cm³/mol. The summed E-state index contributed by atoms with van der Waals surface area (Å²) in [7, 11) is 1.69. The van der Waals surface area contributed by atoms with Gasteiger partial charge in [0.1, 0.15) is 0 Å². The smallest absolute Gasteiger partial charge is 0.328 e. The Morgan fingerprint density at radius 3 is 2.47 bits per heavy atom. The molecule has 0 aliphatic carbocycles. The lowest BCUT2D eigenvalue weighted by Crippen LogP contribution is -2.37. The summed E-state index contributed by atoms with van der Waals surface area (Å²) in [6.07, 6.45) is 4.80. The van der Waals surface area contributed by atoms with Crippen molar-refractivity contribution in [3.63, 3.8) is 0 Å². The monoisotopic (exact) mass is 231 g/mol. The summed E-state index contributed by atoms with van der Waals surface area (Å²) in [5.41, 5.74) is 0. The topological polar surface area (TPSA) is 57.6 Å². The predicted octanol–water partition coefficient (Wildman–Crippen LogP) is 1.23. The zero-order chi connectivity index (χ0) is 11.8. The molecule has 0 saturated heterocycles. The molecule has 0 rings (SSSR count). The van der Waals surface area contributed by atoms with Crippen LogP contribution < -0.4 is 0 Å². The van der Waals surface area contributed by atoms with Gasteiger partial charge in [0.15, 0.2) is 0 Å². The molecule has 0 aliphatic rings. The van der Waals surface area contributed by atoms with E-state index in [-0.39, 0.29) is 11.9 Å². The van der Waals surface area contributed by atoms with E-state index >= 15 is 0 Å². The highest BCUT2D eigenvalue weighted by molar-refractivity contribution is 7.98. The molecule has 0 bridgehead atoms. The van der Waals surface area contributed by atoms with Crippen molar-refractivity contribution in [3.8, 4) is 0 Å². The van der Waals surface area contributed by atoms with Crippen LogP contribution in [0.3, 0.4) is 0 Å². The van der Waals surface area contributed by atoms with Crippen LogP contribution in [0.5, 0.6) is 0 Å². The fraction of sp³-hybridized carbons (Fsp3) is 0.600. The number of rotatable bonds is 6. The zero-order valence-corrected chi connectivity index (χ0v) is 10.1. The van der Waals surface area contributed by atoms with Gasteiger partial charge in [-0.15, -0.1) is 0 Å². The molecule has 1 unspecified atom stereocenters. The van der Waals surface area contributed by atoms with Crippen molar-refractivity contribution in [1.82, 2.24) is 4.90 Å². The molecule has 86 valence electrons. The molecule has 0 aromatic carbocycles. The first kappa shape index (κ1) is 14.0. The Kier molecular flexibility index (Phi) is 6.86. The van der Waals surface area contributed by atoms with Crippen molar-refractivity contribution >= 4 is 23.6 Å². The number of hydrogen-bond acceptors (Lipinski definition) is 3. The van der Waals surface area contributed by atoms with Gasteiger partial charge in [0.2, 0.25) is 5.91 Å². The third-order valence-electron chi connectivity index (χ3n) is 2.09. The molecule has 0 fully saturated rings. The van der Waals surface area contributed by atoms with Crippen LogP contribution >= 0.6 is 11.8 Å². The van der Waals surface area contributed by atoms with E-state index in [0.717, 1.165) is 24.3 Å². The van der Waals surface area contributed by atoms with E-state index in [1.54, 1.807) is 23.7 Å². The zero-order valence-electron chi connectivity index (χ0n) is 9.27. The fourth-order valence-corrected chi connectivity index (χ4v) is 1.98. The van der Waals surface area contributed by atoms with Gasteiger partial charge in [0.25, 0.3) is 0 Å². The molecule has 4 nitrogen and oxygen atoms in total. The Morgan fingerprint density at radius 2 is 2.07 bits per heavy atom. The van der Waals surface area contributed by atoms with Crippen molar-refractivity contribution in [2.75, 3.05) is 19.1 Å². The highest BCUT2D eigenvalue weighted by Gasteiger charge is 2.15. The Hall–Kier alpha value is -0.970. The standard InChI is InChI=1S/C10H17NO3S/c1-4-8(7-15-3)11(2)9(12)5-6-10(13)14/h5-6,8H,4,7H2,1-3H3,(H,13,14)/b6-5+. The van der Waals surface area contributed by atoms with Crippen LogP contribution in [0.1, 0.15) is 13.3 Å². The van der Waals surface area contributed by atoms with E-state index in [0.29, 0.717) is 0 Å². The first-order valence-electron chi connectivity index (χ1n) is 4.69. The largest absolute Gasteiger partial charge is 0.478 e. The van der Waals surface area contributed by atoms with E-state index in [1.165, 1.54) is 0 Å². The van der Waals surface area contributed by atoms with Gasteiger partial charge in [-0.25, -0.2) is 4.79 Å². The van der Waals surface area contributed by atoms with E-state index < -0.39 is 5.97 Å². The lowest BCUT2D eigenvalue weighted by Gasteiger charge is -2.25. The number of nitrogens with zero attached hydrogens (tertiary/aromatic N) is 1. The number of hydrogen-bond donors (Lipinski definition) is 1. The Morgan fingerprint density at radius 1 is 1.47 bits per heavy atom. The second kappa shape index (κ2) is 7.34. The number of carbonyl (C=O) groups is 2. The molecule has 0 aromatic heterocycles. The van der Waals surface area contributed by atoms with Crippen LogP contribution in [0.2, 0.25) is 0 Å². The Labute approximate surface area is 94.3 Å². The minimum absolute atomic E-state index is 0.158. The van der Waals surface area contributed by atoms with Crippen LogP contribution in [-0.2, 0) is 9.59 Å². The molecule has 0 aromatic rings. The summed E-state index contributed by atoms with van der Waals surface area (Å²) in [4.78, 5) is 23.3. The van der Waals surface area contributed by atoms with E-state index in [4.69, 9.17) is 5.11 Å². The molecule has 5 heteroatoms. The third-order valence-corrected chi connectivity index (χ3v) is 2.81. The van der Waals surface area contributed by atoms with Crippen molar-refractivity contribution in [2.24, 2.45) is 0 Å². The number of thioether (sulfide) groups is 1. The summed E-state index contributed by atoms with van der Waals surface area (Å²) in [6, 6.07) is 0.158. The normalized spacial score (nSPS) is 12.7. The molecule has 0 aliphatic heterocycles. The fourth-order valence-electron chi connectivity index (χ4n) is 1.14. The van der Waals surface area contributed by atoms with Crippen molar-refractivity contribution in [1.29, 1.82) is 0 Å². The van der Waals surface area contributed by atoms with Gasteiger partial charge >= 0.3 is 5.97 Å². The molecule has 0 saturated carbocycles. The van der Waals surface area contributed by atoms with Gasteiger partial charge in [-0.1, -0.05) is 6.92 Å². The van der Waals surface area contributed by atoms with Crippen molar-refractivity contribution in [2.45, 2.75) is 19.4 Å². The Balaban J connectivity index is 4.33. The minimum Gasteiger partial charge on any atom is -0.478 e. The van der Waals surface area contributed by atoms with Gasteiger partial charge in [0, 0.05) is 31.0 Å². The lowest BCUT2D eigenvalue weighted by molar-refractivity contribution is -0.132. The third kappa shape index (κ3) is 5.47. The van der Waals surface area contributed by atoms with Crippen LogP contribution in [0.4, 0.5) is 0 Å². The minimum atomic E-state index is -1.10. The maximum atomic E-state index is 11.5. The molecule has 0 radical (unpaired) electrons. The van der Waals surface area contributed by atoms with Crippen LogP contribution in [0, 0.1) is 0 Å². The Bertz CT molecular complexity index is 253. The maximum absolute atomic E-state index is 11.5. The highest BCUT2D eigenvalue weighted by Crippen LogP contribution is 2.08. The summed E-state index contributed by atoms with van der Waals surface area (Å²) in [5, 5.41) is 8.38. The molecular weight excluding hydrogens is 214 g/mol. The molecule has 0 heterocycles. The SMILES string of the molecule is CCC(CSC)N(C)C(=O)/C=C/C(=O)O. The summed E-state index contributed by atoms with van der Waals surface area (Å²) >= 11 is 1.67. The number of carboxylic acid groups (broad SMARTS) is 1. The van der Waals surface area contributed by atoms with Gasteiger partial charge in [0.05, 0.1) is 0 Å². The molecule has 1 atom stereocenters.